The number of nitrogen functional groups attached to an aromatic ring is 1. The van der Waals surface area contributed by atoms with Gasteiger partial charge >= 0.3 is 6.09 Å². The predicted molar refractivity (Wildman–Crippen MR) is 181 cm³/mol. The van der Waals surface area contributed by atoms with Crippen molar-refractivity contribution in [2.45, 2.75) is 48.9 Å². The number of anilines is 3. The smallest absolute Gasteiger partial charge is 0.411 e. The Hall–Kier alpha value is -5.11. The summed E-state index contributed by atoms with van der Waals surface area (Å²) in [5.41, 5.74) is 7.18. The Morgan fingerprint density at radius 1 is 1.00 bits per heavy atom. The molecule has 2 atom stereocenters. The highest BCUT2D eigenvalue weighted by atomic mass is 32.2. The zero-order chi connectivity index (χ0) is 34.7. The van der Waals surface area contributed by atoms with E-state index in [0.717, 1.165) is 11.5 Å². The van der Waals surface area contributed by atoms with Gasteiger partial charge < -0.3 is 30.2 Å². The third kappa shape index (κ3) is 6.65. The number of hydrogen-bond acceptors (Lipinski definition) is 10. The summed E-state index contributed by atoms with van der Waals surface area (Å²) >= 11 is 0. The Labute approximate surface area is 278 Å². The Morgan fingerprint density at radius 3 is 2.40 bits per heavy atom. The molecule has 2 heterocycles. The molecule has 5 rings (SSSR count). The second-order valence-corrected chi connectivity index (χ2v) is 14.1. The van der Waals surface area contributed by atoms with Crippen LogP contribution in [0, 0.1) is 5.82 Å². The van der Waals surface area contributed by atoms with E-state index in [9.17, 15) is 18.0 Å². The topological polar surface area (TPSA) is 162 Å². The number of pyridine rings is 1. The molecule has 1 aromatic heterocycles. The van der Waals surface area contributed by atoms with Gasteiger partial charge in [-0.15, -0.1) is 0 Å². The average Bonchev–Trinajstić information content (AvgIpc) is 3.57. The van der Waals surface area contributed by atoms with Gasteiger partial charge in [-0.1, -0.05) is 0 Å². The molecule has 0 radical (unpaired) electrons. The van der Waals surface area contributed by atoms with Gasteiger partial charge in [0.25, 0.3) is 0 Å². The van der Waals surface area contributed by atoms with Crippen LogP contribution in [0.3, 0.4) is 0 Å². The number of halogens is 1. The van der Waals surface area contributed by atoms with E-state index in [1.54, 1.807) is 55.3 Å². The summed E-state index contributed by atoms with van der Waals surface area (Å²) < 4.78 is 58.5. The summed E-state index contributed by atoms with van der Waals surface area (Å²) in [7, 11) is 0.192. The molecule has 48 heavy (non-hydrogen) atoms. The largest absolute Gasteiger partial charge is 0.493 e. The van der Waals surface area contributed by atoms with Crippen LogP contribution in [0.25, 0.3) is 10.8 Å². The Kier molecular flexibility index (Phi) is 9.94. The number of rotatable bonds is 10. The number of benzene rings is 3. The molecule has 2 amide bonds. The lowest BCUT2D eigenvalue weighted by molar-refractivity contribution is -0.133. The quantitative estimate of drug-likeness (QED) is 0.185. The maximum absolute atomic E-state index is 15.9. The van der Waals surface area contributed by atoms with E-state index in [4.69, 9.17) is 19.9 Å². The van der Waals surface area contributed by atoms with Gasteiger partial charge in [0.1, 0.15) is 17.7 Å². The first-order valence-corrected chi connectivity index (χ1v) is 16.8. The maximum atomic E-state index is 15.9. The van der Waals surface area contributed by atoms with Crippen LogP contribution in [0.2, 0.25) is 0 Å². The minimum absolute atomic E-state index is 0.00577. The van der Waals surface area contributed by atoms with Crippen molar-refractivity contribution in [3.05, 3.63) is 77.7 Å². The highest BCUT2D eigenvalue weighted by Gasteiger charge is 2.39. The normalized spacial score (nSPS) is 15.3. The SMILES string of the molecule is COC(=O)Nc1ccc(S(=O)(=O)C(C)C)c(C2CCCN2C(=O)C(Nc2ccc3c(N)nccc3c2)c2cc(OC)c(OC)cc2F)c1. The molecule has 14 heteroatoms. The van der Waals surface area contributed by atoms with Gasteiger partial charge in [-0.25, -0.2) is 22.6 Å². The molecule has 254 valence electrons. The summed E-state index contributed by atoms with van der Waals surface area (Å²) in [4.78, 5) is 32.5. The summed E-state index contributed by atoms with van der Waals surface area (Å²) in [5, 5.41) is 6.50. The van der Waals surface area contributed by atoms with E-state index in [-0.39, 0.29) is 28.5 Å². The Bertz CT molecular complexity index is 1970. The van der Waals surface area contributed by atoms with Crippen LogP contribution in [0.15, 0.2) is 65.7 Å². The molecule has 1 saturated heterocycles. The van der Waals surface area contributed by atoms with Gasteiger partial charge in [-0.2, -0.15) is 0 Å². The molecule has 0 aliphatic carbocycles. The van der Waals surface area contributed by atoms with Crippen LogP contribution in [0.1, 0.15) is 49.9 Å². The van der Waals surface area contributed by atoms with Gasteiger partial charge in [-0.3, -0.25) is 10.1 Å². The van der Waals surface area contributed by atoms with E-state index >= 15 is 4.39 Å². The number of hydrogen-bond donors (Lipinski definition) is 3. The molecular formula is C34H38FN5O7S. The number of nitrogens with one attached hydrogen (secondary N) is 2. The van der Waals surface area contributed by atoms with Gasteiger partial charge in [0.15, 0.2) is 21.3 Å². The number of nitrogens with two attached hydrogens (primary N) is 1. The third-order valence-electron chi connectivity index (χ3n) is 8.43. The van der Waals surface area contributed by atoms with Crippen LogP contribution in [-0.2, 0) is 19.4 Å². The predicted octanol–water partition coefficient (Wildman–Crippen LogP) is 5.85. The molecule has 1 aliphatic rings. The van der Waals surface area contributed by atoms with Crippen molar-refractivity contribution < 1.29 is 36.6 Å². The number of methoxy groups -OCH3 is 3. The number of sulfone groups is 1. The molecule has 4 N–H and O–H groups in total. The minimum Gasteiger partial charge on any atom is -0.493 e. The number of fused-ring (bicyclic) bond motifs is 1. The van der Waals surface area contributed by atoms with Crippen LogP contribution in [-0.4, -0.2) is 63.4 Å². The van der Waals surface area contributed by atoms with Crippen molar-refractivity contribution in [2.24, 2.45) is 0 Å². The lowest BCUT2D eigenvalue weighted by Gasteiger charge is -2.32. The number of amides is 2. The van der Waals surface area contributed by atoms with Crippen molar-refractivity contribution >= 4 is 49.8 Å². The zero-order valence-corrected chi connectivity index (χ0v) is 28.1. The van der Waals surface area contributed by atoms with Crippen molar-refractivity contribution in [3.63, 3.8) is 0 Å². The van der Waals surface area contributed by atoms with Crippen LogP contribution >= 0.6 is 0 Å². The highest BCUT2D eigenvalue weighted by molar-refractivity contribution is 7.92. The first-order valence-electron chi connectivity index (χ1n) is 15.2. The number of likely N-dealkylation sites (tertiary alicyclic amines) is 1. The third-order valence-corrected chi connectivity index (χ3v) is 10.7. The van der Waals surface area contributed by atoms with E-state index in [1.807, 2.05) is 0 Å². The van der Waals surface area contributed by atoms with Crippen molar-refractivity contribution in [2.75, 3.05) is 44.2 Å². The molecule has 0 spiro atoms. The number of nitrogens with zero attached hydrogens (tertiary/aromatic N) is 2. The van der Waals surface area contributed by atoms with E-state index in [2.05, 4.69) is 15.6 Å². The number of aromatic nitrogens is 1. The summed E-state index contributed by atoms with van der Waals surface area (Å²) in [6.07, 6.45) is 1.81. The fraction of sp³-hybridized carbons (Fsp3) is 0.324. The minimum atomic E-state index is -3.82. The second-order valence-electron chi connectivity index (χ2n) is 11.6. The van der Waals surface area contributed by atoms with Crippen molar-refractivity contribution in [3.8, 4) is 11.5 Å². The fourth-order valence-corrected chi connectivity index (χ4v) is 7.20. The van der Waals surface area contributed by atoms with E-state index in [1.165, 1.54) is 39.5 Å². The average molecular weight is 680 g/mol. The van der Waals surface area contributed by atoms with Gasteiger partial charge in [0.2, 0.25) is 5.91 Å². The van der Waals surface area contributed by atoms with Crippen LogP contribution in [0.5, 0.6) is 11.5 Å². The monoisotopic (exact) mass is 679 g/mol. The van der Waals surface area contributed by atoms with Crippen molar-refractivity contribution in [1.82, 2.24) is 9.88 Å². The second kappa shape index (κ2) is 13.9. The maximum Gasteiger partial charge on any atom is 0.411 e. The van der Waals surface area contributed by atoms with E-state index in [0.29, 0.717) is 41.0 Å². The van der Waals surface area contributed by atoms with Crippen molar-refractivity contribution in [1.29, 1.82) is 0 Å². The summed E-state index contributed by atoms with van der Waals surface area (Å²) in [5.74, 6) is -0.506. The molecular weight excluding hydrogens is 641 g/mol. The summed E-state index contributed by atoms with van der Waals surface area (Å²) in [6.45, 7) is 3.42. The van der Waals surface area contributed by atoms with Crippen LogP contribution in [0.4, 0.5) is 26.4 Å². The molecule has 1 fully saturated rings. The highest BCUT2D eigenvalue weighted by Crippen LogP contribution is 2.41. The Morgan fingerprint density at radius 2 is 1.71 bits per heavy atom. The van der Waals surface area contributed by atoms with Gasteiger partial charge in [0, 0.05) is 41.1 Å². The van der Waals surface area contributed by atoms with Gasteiger partial charge in [-0.05, 0) is 86.2 Å². The molecule has 0 saturated carbocycles. The number of ether oxygens (including phenoxy) is 3. The molecule has 4 aromatic rings. The molecule has 1 aliphatic heterocycles. The molecule has 12 nitrogen and oxygen atoms in total. The lowest BCUT2D eigenvalue weighted by Crippen LogP contribution is -2.38. The standard InChI is InChI=1S/C34H38FN5O7S/c1-19(2)48(43,44)30-11-9-22(39-34(42)47-5)16-25(30)27-7-6-14-40(27)33(41)31(24-17-28(45-3)29(46-4)18-26(24)35)38-21-8-10-23-20(15-21)12-13-37-32(23)36/h8-13,15-19,27,31,38H,6-7,14H2,1-5H3,(H2,36,37)(H,39,42). The summed E-state index contributed by atoms with van der Waals surface area (Å²) in [6, 6.07) is 12.1. The zero-order valence-electron chi connectivity index (χ0n) is 27.2. The number of carbonyl (C=O) groups is 2. The molecule has 3 aromatic carbocycles. The molecule has 0 bridgehead atoms. The Balaban J connectivity index is 1.63. The first kappa shape index (κ1) is 34.2. The van der Waals surface area contributed by atoms with E-state index < -0.39 is 45.0 Å². The first-order chi connectivity index (χ1) is 22.9. The molecule has 2 unspecified atom stereocenters. The fourth-order valence-electron chi connectivity index (χ4n) is 5.91. The number of carbonyl (C=O) groups excluding carboxylic acids is 2. The van der Waals surface area contributed by atoms with Gasteiger partial charge in [0.05, 0.1) is 37.5 Å². The van der Waals surface area contributed by atoms with Crippen LogP contribution < -0.4 is 25.8 Å². The lowest BCUT2D eigenvalue weighted by atomic mass is 10.00.